The Bertz CT molecular complexity index is 1380. The van der Waals surface area contributed by atoms with Crippen LogP contribution >= 0.6 is 0 Å². The summed E-state index contributed by atoms with van der Waals surface area (Å²) in [5.74, 6) is -3.71. The van der Waals surface area contributed by atoms with E-state index in [0.717, 1.165) is 10.9 Å². The van der Waals surface area contributed by atoms with Gasteiger partial charge in [-0.25, -0.2) is 0 Å². The van der Waals surface area contributed by atoms with Crippen LogP contribution in [0.1, 0.15) is 49.7 Å². The predicted octanol–water partition coefficient (Wildman–Crippen LogP) is 2.27. The van der Waals surface area contributed by atoms with Crippen molar-refractivity contribution in [3.8, 4) is 0 Å². The third kappa shape index (κ3) is 7.34. The Labute approximate surface area is 232 Å². The van der Waals surface area contributed by atoms with Crippen LogP contribution in [0, 0.1) is 5.92 Å². The second-order valence-corrected chi connectivity index (χ2v) is 11.0. The van der Waals surface area contributed by atoms with Gasteiger partial charge in [0.15, 0.2) is 5.76 Å². The molecule has 3 aromatic rings. The Morgan fingerprint density at radius 2 is 1.68 bits per heavy atom. The molecular formula is C30H34N4O6. The number of benzene rings is 2. The van der Waals surface area contributed by atoms with Crippen LogP contribution in [0.3, 0.4) is 0 Å². The van der Waals surface area contributed by atoms with Gasteiger partial charge in [0.1, 0.15) is 11.6 Å². The number of carbonyl (C=O) groups excluding carboxylic acids is 5. The molecule has 4 rings (SSSR count). The van der Waals surface area contributed by atoms with Crippen LogP contribution in [0.5, 0.6) is 0 Å². The first kappa shape index (κ1) is 28.5. The monoisotopic (exact) mass is 546 g/mol. The van der Waals surface area contributed by atoms with E-state index in [-0.39, 0.29) is 24.5 Å². The van der Waals surface area contributed by atoms with Gasteiger partial charge >= 0.3 is 0 Å². The van der Waals surface area contributed by atoms with E-state index in [1.165, 1.54) is 0 Å². The first-order valence-electron chi connectivity index (χ1n) is 13.3. The van der Waals surface area contributed by atoms with E-state index in [2.05, 4.69) is 21.3 Å². The van der Waals surface area contributed by atoms with Gasteiger partial charge in [-0.1, -0.05) is 48.5 Å². The number of nitrogens with one attached hydrogen (secondary N) is 4. The largest absolute Gasteiger partial charge is 0.451 e. The molecule has 10 heteroatoms. The molecule has 0 spiro atoms. The summed E-state index contributed by atoms with van der Waals surface area (Å²) in [6.07, 6.45) is 0.566. The van der Waals surface area contributed by atoms with Crippen LogP contribution in [0.2, 0.25) is 0 Å². The maximum atomic E-state index is 13.6. The van der Waals surface area contributed by atoms with Gasteiger partial charge in [0.2, 0.25) is 17.6 Å². The van der Waals surface area contributed by atoms with Crippen LogP contribution in [0.4, 0.5) is 0 Å². The van der Waals surface area contributed by atoms with E-state index >= 15 is 0 Å². The van der Waals surface area contributed by atoms with Crippen LogP contribution < -0.4 is 21.3 Å². The van der Waals surface area contributed by atoms with Crippen molar-refractivity contribution in [3.05, 3.63) is 72.0 Å². The molecule has 1 aliphatic rings. The Morgan fingerprint density at radius 1 is 0.975 bits per heavy atom. The number of rotatable bonds is 10. The summed E-state index contributed by atoms with van der Waals surface area (Å²) in [5, 5.41) is 11.5. The van der Waals surface area contributed by atoms with E-state index in [1.807, 2.05) is 42.5 Å². The average Bonchev–Trinajstić information content (AvgIpc) is 3.53. The number of fused-ring (bicyclic) bond motifs is 1. The van der Waals surface area contributed by atoms with Gasteiger partial charge in [-0.3, -0.25) is 24.0 Å². The SMILES string of the molecule is CC(C)(C)NC(=O)C(=O)[C@H](C[C@@H]1CCNC1=O)NC(=O)[C@H](Cc1ccccc1)NC(=O)c1cc2ccccc2o1. The van der Waals surface area contributed by atoms with Crippen molar-refractivity contribution in [2.45, 2.75) is 57.7 Å². The molecule has 3 atom stereocenters. The molecule has 1 fully saturated rings. The molecule has 10 nitrogen and oxygen atoms in total. The maximum absolute atomic E-state index is 13.6. The van der Waals surface area contributed by atoms with Crippen LogP contribution in [0.25, 0.3) is 11.0 Å². The molecule has 210 valence electrons. The van der Waals surface area contributed by atoms with Gasteiger partial charge in [0.25, 0.3) is 11.8 Å². The van der Waals surface area contributed by atoms with E-state index < -0.39 is 47.0 Å². The molecule has 2 heterocycles. The smallest absolute Gasteiger partial charge is 0.290 e. The summed E-state index contributed by atoms with van der Waals surface area (Å²) in [7, 11) is 0. The van der Waals surface area contributed by atoms with Gasteiger partial charge in [-0.2, -0.15) is 0 Å². The zero-order valence-corrected chi connectivity index (χ0v) is 22.8. The highest BCUT2D eigenvalue weighted by atomic mass is 16.3. The number of hydrogen-bond acceptors (Lipinski definition) is 6. The molecule has 0 unspecified atom stereocenters. The molecule has 0 radical (unpaired) electrons. The average molecular weight is 547 g/mol. The zero-order chi connectivity index (χ0) is 28.9. The number of Topliss-reactive ketones (excluding diaryl/α,β-unsaturated/α-hetero) is 1. The Hall–Kier alpha value is -4.47. The molecule has 0 bridgehead atoms. The van der Waals surface area contributed by atoms with Gasteiger partial charge < -0.3 is 25.7 Å². The van der Waals surface area contributed by atoms with E-state index in [9.17, 15) is 24.0 Å². The third-order valence-electron chi connectivity index (χ3n) is 6.58. The highest BCUT2D eigenvalue weighted by molar-refractivity contribution is 6.38. The molecule has 2 aromatic carbocycles. The van der Waals surface area contributed by atoms with Crippen LogP contribution in [-0.4, -0.2) is 53.6 Å². The fourth-order valence-electron chi connectivity index (χ4n) is 4.60. The fourth-order valence-corrected chi connectivity index (χ4v) is 4.60. The topological polar surface area (TPSA) is 147 Å². The lowest BCUT2D eigenvalue weighted by atomic mass is 9.94. The van der Waals surface area contributed by atoms with E-state index in [4.69, 9.17) is 4.42 Å². The van der Waals surface area contributed by atoms with Gasteiger partial charge in [0.05, 0.1) is 6.04 Å². The minimum absolute atomic E-state index is 0.0341. The van der Waals surface area contributed by atoms with Crippen LogP contribution in [0.15, 0.2) is 65.1 Å². The lowest BCUT2D eigenvalue weighted by Crippen LogP contribution is -2.56. The molecule has 1 saturated heterocycles. The molecule has 1 aromatic heterocycles. The van der Waals surface area contributed by atoms with Crippen molar-refractivity contribution in [3.63, 3.8) is 0 Å². The quantitative estimate of drug-likeness (QED) is 0.287. The normalized spacial score (nSPS) is 16.6. The molecule has 4 amide bonds. The number of hydrogen-bond donors (Lipinski definition) is 4. The van der Waals surface area contributed by atoms with Crippen molar-refractivity contribution >= 4 is 40.4 Å². The molecule has 0 aliphatic carbocycles. The second kappa shape index (κ2) is 12.1. The second-order valence-electron chi connectivity index (χ2n) is 11.0. The number of carbonyl (C=O) groups is 5. The molecular weight excluding hydrogens is 512 g/mol. The molecule has 0 saturated carbocycles. The Morgan fingerprint density at radius 3 is 2.33 bits per heavy atom. The minimum atomic E-state index is -1.26. The zero-order valence-electron chi connectivity index (χ0n) is 22.8. The van der Waals surface area contributed by atoms with Crippen molar-refractivity contribution in [1.29, 1.82) is 0 Å². The highest BCUT2D eigenvalue weighted by Crippen LogP contribution is 2.20. The summed E-state index contributed by atoms with van der Waals surface area (Å²) >= 11 is 0. The number of furan rings is 1. The van der Waals surface area contributed by atoms with Crippen molar-refractivity contribution in [2.24, 2.45) is 5.92 Å². The first-order chi connectivity index (χ1) is 19.0. The van der Waals surface area contributed by atoms with Gasteiger partial charge in [-0.15, -0.1) is 0 Å². The maximum Gasteiger partial charge on any atom is 0.290 e. The fraction of sp³-hybridized carbons (Fsp3) is 0.367. The predicted molar refractivity (Wildman–Crippen MR) is 148 cm³/mol. The van der Waals surface area contributed by atoms with Crippen molar-refractivity contribution in [2.75, 3.05) is 6.54 Å². The molecule has 1 aliphatic heterocycles. The minimum Gasteiger partial charge on any atom is -0.451 e. The lowest BCUT2D eigenvalue weighted by Gasteiger charge is -2.25. The van der Waals surface area contributed by atoms with E-state index in [1.54, 1.807) is 39.0 Å². The number of ketones is 1. The molecule has 40 heavy (non-hydrogen) atoms. The first-order valence-corrected chi connectivity index (χ1v) is 13.3. The van der Waals surface area contributed by atoms with Crippen molar-refractivity contribution in [1.82, 2.24) is 21.3 Å². The van der Waals surface area contributed by atoms with Crippen molar-refractivity contribution < 1.29 is 28.4 Å². The standard InChI is InChI=1S/C30H34N4O6/c1-30(2,3)34-29(39)25(35)21(16-20-13-14-31-26(20)36)32-27(37)22(15-18-9-5-4-6-10-18)33-28(38)24-17-19-11-7-8-12-23(19)40-24/h4-12,17,20-22H,13-16H2,1-3H3,(H,31,36)(H,32,37)(H,33,38)(H,34,39)/t20-,21-,22-/m0/s1. The molecule has 4 N–H and O–H groups in total. The highest BCUT2D eigenvalue weighted by Gasteiger charge is 2.36. The Balaban J connectivity index is 1.57. The van der Waals surface area contributed by atoms with E-state index in [0.29, 0.717) is 18.5 Å². The van der Waals surface area contributed by atoms with Crippen LogP contribution in [-0.2, 0) is 25.6 Å². The number of amides is 4. The van der Waals surface area contributed by atoms with Gasteiger partial charge in [-0.05, 0) is 51.3 Å². The summed E-state index contributed by atoms with van der Waals surface area (Å²) in [5.41, 5.74) is 0.626. The summed E-state index contributed by atoms with van der Waals surface area (Å²) < 4.78 is 5.66. The lowest BCUT2D eigenvalue weighted by molar-refractivity contribution is -0.141. The summed E-state index contributed by atoms with van der Waals surface area (Å²) in [6.45, 7) is 5.66. The van der Waals surface area contributed by atoms with Gasteiger partial charge in [0, 0.05) is 29.8 Å². The summed E-state index contributed by atoms with van der Waals surface area (Å²) in [6, 6.07) is 15.5. The third-order valence-corrected chi connectivity index (χ3v) is 6.58. The summed E-state index contributed by atoms with van der Waals surface area (Å²) in [4.78, 5) is 65.0. The Kier molecular flexibility index (Phi) is 8.67. The number of para-hydroxylation sites is 1.